The highest BCUT2D eigenvalue weighted by molar-refractivity contribution is 7.23. The number of benzene rings is 2. The number of anilines is 4. The molecule has 62 heavy (non-hydrogen) atoms. The monoisotopic (exact) mass is 833 g/mol. The van der Waals surface area contributed by atoms with Crippen molar-refractivity contribution in [3.05, 3.63) is 134 Å². The van der Waals surface area contributed by atoms with Crippen molar-refractivity contribution in [2.45, 2.75) is 12.8 Å². The van der Waals surface area contributed by atoms with Gasteiger partial charge in [0.15, 0.2) is 22.9 Å². The predicted molar refractivity (Wildman–Crippen MR) is 245 cm³/mol. The van der Waals surface area contributed by atoms with Gasteiger partial charge in [0.1, 0.15) is 0 Å². The normalized spacial score (nSPS) is 14.5. The molecule has 10 aromatic rings. The summed E-state index contributed by atoms with van der Waals surface area (Å²) < 4.78 is 9.08. The molecule has 0 atom stereocenters. The average molecular weight is 834 g/mol. The molecule has 0 saturated carbocycles. The Balaban J connectivity index is 0.902. The number of aromatic nitrogens is 11. The van der Waals surface area contributed by atoms with E-state index in [4.69, 9.17) is 25.0 Å². The van der Waals surface area contributed by atoms with Crippen LogP contribution < -0.4 is 21.3 Å². The SMILES string of the molecule is Cn1cc(-c2cnc3c(Nc4cc5cccc(-n6cc(-c7cnc8c(Nc9ccc%10ncccc%10c9)nc(C9=CCCNC9)cn78)cn6)c5s4)nc(C4=CCCNC4)cn23)cn1. The van der Waals surface area contributed by atoms with Crippen molar-refractivity contribution < 1.29 is 0 Å². The lowest BCUT2D eigenvalue weighted by Crippen LogP contribution is -2.22. The zero-order valence-corrected chi connectivity index (χ0v) is 34.4. The first-order valence-electron chi connectivity index (χ1n) is 20.6. The largest absolute Gasteiger partial charge is 0.337 e. The number of rotatable bonds is 9. The van der Waals surface area contributed by atoms with Crippen LogP contribution in [0.25, 0.3) is 71.6 Å². The molecule has 2 aromatic carbocycles. The van der Waals surface area contributed by atoms with Gasteiger partial charge in [-0.25, -0.2) is 24.6 Å². The van der Waals surface area contributed by atoms with Gasteiger partial charge in [-0.15, -0.1) is 11.3 Å². The first-order valence-corrected chi connectivity index (χ1v) is 21.4. The number of thiophene rings is 1. The van der Waals surface area contributed by atoms with Gasteiger partial charge in [0.05, 0.1) is 68.5 Å². The van der Waals surface area contributed by atoms with Gasteiger partial charge in [-0.05, 0) is 78.9 Å². The number of nitrogens with zero attached hydrogens (tertiary/aromatic N) is 11. The topological polar surface area (TPSA) is 157 Å². The Morgan fingerprint density at radius 1 is 0.661 bits per heavy atom. The molecule has 0 fully saturated rings. The maximum absolute atomic E-state index is 5.16. The van der Waals surface area contributed by atoms with E-state index in [0.717, 1.165) is 133 Å². The molecule has 4 N–H and O–H groups in total. The maximum Gasteiger partial charge on any atom is 0.181 e. The molecule has 15 nitrogen and oxygen atoms in total. The molecule has 0 saturated heterocycles. The molecular weight excluding hydrogens is 795 g/mol. The fraction of sp³-hybridized carbons (Fsp3) is 0.152. The van der Waals surface area contributed by atoms with Crippen LogP contribution in [-0.4, -0.2) is 79.5 Å². The van der Waals surface area contributed by atoms with E-state index in [1.807, 2.05) is 67.1 Å². The van der Waals surface area contributed by atoms with Gasteiger partial charge in [0.25, 0.3) is 0 Å². The van der Waals surface area contributed by atoms with Crippen LogP contribution in [0.3, 0.4) is 0 Å². The lowest BCUT2D eigenvalue weighted by molar-refractivity contribution is 0.737. The molecule has 0 radical (unpaired) electrons. The number of hydrogen-bond acceptors (Lipinski definition) is 12. The lowest BCUT2D eigenvalue weighted by Gasteiger charge is -2.16. The third-order valence-electron chi connectivity index (χ3n) is 11.5. The second-order valence-corrected chi connectivity index (χ2v) is 16.6. The van der Waals surface area contributed by atoms with Crippen LogP contribution in [0.4, 0.5) is 22.3 Å². The third kappa shape index (κ3) is 6.48. The van der Waals surface area contributed by atoms with Gasteiger partial charge in [-0.2, -0.15) is 10.2 Å². The third-order valence-corrected chi connectivity index (χ3v) is 12.5. The molecule has 0 bridgehead atoms. The fourth-order valence-corrected chi connectivity index (χ4v) is 9.46. The summed E-state index contributed by atoms with van der Waals surface area (Å²) >= 11 is 1.66. The van der Waals surface area contributed by atoms with E-state index < -0.39 is 0 Å². The van der Waals surface area contributed by atoms with Crippen molar-refractivity contribution in [1.29, 1.82) is 0 Å². The molecule has 0 amide bonds. The molecule has 0 aliphatic carbocycles. The van der Waals surface area contributed by atoms with E-state index in [0.29, 0.717) is 11.6 Å². The van der Waals surface area contributed by atoms with Gasteiger partial charge >= 0.3 is 0 Å². The number of pyridine rings is 1. The highest BCUT2D eigenvalue weighted by Crippen LogP contribution is 2.38. The fourth-order valence-electron chi connectivity index (χ4n) is 8.40. The molecule has 0 unspecified atom stereocenters. The number of hydrogen-bond donors (Lipinski definition) is 4. The number of imidazole rings is 2. The van der Waals surface area contributed by atoms with E-state index in [9.17, 15) is 0 Å². The second-order valence-electron chi connectivity index (χ2n) is 15.6. The molecule has 12 rings (SSSR count). The Hall–Kier alpha value is -7.53. The zero-order chi connectivity index (χ0) is 41.1. The Kier molecular flexibility index (Phi) is 8.72. The minimum Gasteiger partial charge on any atom is -0.337 e. The first kappa shape index (κ1) is 36.3. The molecule has 16 heteroatoms. The van der Waals surface area contributed by atoms with Crippen LogP contribution in [0.15, 0.2) is 123 Å². The van der Waals surface area contributed by atoms with Crippen LogP contribution in [0.5, 0.6) is 0 Å². The molecule has 304 valence electrons. The predicted octanol–water partition coefficient (Wildman–Crippen LogP) is 8.03. The Morgan fingerprint density at radius 3 is 2.05 bits per heavy atom. The van der Waals surface area contributed by atoms with Crippen molar-refractivity contribution in [3.8, 4) is 28.2 Å². The lowest BCUT2D eigenvalue weighted by atomic mass is 10.1. The molecule has 0 spiro atoms. The van der Waals surface area contributed by atoms with Crippen LogP contribution in [-0.2, 0) is 7.05 Å². The maximum atomic E-state index is 5.16. The minimum atomic E-state index is 0.673. The first-order chi connectivity index (χ1) is 30.6. The van der Waals surface area contributed by atoms with E-state index in [1.165, 1.54) is 0 Å². The van der Waals surface area contributed by atoms with Crippen LogP contribution in [0.2, 0.25) is 0 Å². The van der Waals surface area contributed by atoms with Gasteiger partial charge < -0.3 is 21.3 Å². The van der Waals surface area contributed by atoms with Gasteiger partial charge in [-0.3, -0.25) is 18.5 Å². The standard InChI is InChI=1S/C46H39N15S/c1-58-24-32(20-52-58)39-22-51-46-44(56-37(27-59(39)46)31-9-4-14-48-19-31)57-41-17-29-6-2-10-38(42(29)62-41)61-25-33(21-53-61)40-23-50-45-43(54-34-11-12-35-28(16-34)7-5-15-49-35)55-36(26-60(40)45)30-8-3-13-47-18-30/h2,5-12,15-17,20-27,47-48H,3-4,13-14,18-19H2,1H3,(H,54,55)(H,56,57). The molecule has 8 aromatic heterocycles. The molecule has 10 heterocycles. The summed E-state index contributed by atoms with van der Waals surface area (Å²) in [6.45, 7) is 3.42. The van der Waals surface area contributed by atoms with Crippen LogP contribution in [0, 0.1) is 0 Å². The van der Waals surface area contributed by atoms with Crippen molar-refractivity contribution >= 4 is 77.1 Å². The Morgan fingerprint density at radius 2 is 1.35 bits per heavy atom. The van der Waals surface area contributed by atoms with Crippen molar-refractivity contribution in [2.24, 2.45) is 7.05 Å². The summed E-state index contributed by atoms with van der Waals surface area (Å²) in [5.74, 6) is 1.36. The summed E-state index contributed by atoms with van der Waals surface area (Å²) in [5.41, 5.74) is 12.2. The van der Waals surface area contributed by atoms with E-state index >= 15 is 0 Å². The number of nitrogens with one attached hydrogen (secondary N) is 4. The smallest absolute Gasteiger partial charge is 0.181 e. The van der Waals surface area contributed by atoms with E-state index in [1.54, 1.807) is 16.0 Å². The van der Waals surface area contributed by atoms with Crippen LogP contribution >= 0.6 is 11.3 Å². The van der Waals surface area contributed by atoms with E-state index in [-0.39, 0.29) is 0 Å². The van der Waals surface area contributed by atoms with Crippen molar-refractivity contribution in [2.75, 3.05) is 36.8 Å². The molecule has 2 aliphatic heterocycles. The Bertz CT molecular complexity index is 3420. The zero-order valence-electron chi connectivity index (χ0n) is 33.6. The van der Waals surface area contributed by atoms with Crippen molar-refractivity contribution in [1.82, 2.24) is 63.9 Å². The Labute approximate surface area is 358 Å². The van der Waals surface area contributed by atoms with Gasteiger partial charge in [0, 0.05) is 73.3 Å². The summed E-state index contributed by atoms with van der Waals surface area (Å²) in [6.07, 6.45) is 24.1. The average Bonchev–Trinajstić information content (AvgIpc) is 4.17. The molecular formula is C46H39N15S. The number of aryl methyl sites for hydroxylation is 1. The van der Waals surface area contributed by atoms with E-state index in [2.05, 4.69) is 107 Å². The summed E-state index contributed by atoms with van der Waals surface area (Å²) in [4.78, 5) is 24.5. The quantitative estimate of drug-likeness (QED) is 0.112. The highest BCUT2D eigenvalue weighted by atomic mass is 32.1. The summed E-state index contributed by atoms with van der Waals surface area (Å²) in [7, 11) is 1.92. The second kappa shape index (κ2) is 14.9. The minimum absolute atomic E-state index is 0.673. The van der Waals surface area contributed by atoms with Gasteiger partial charge in [-0.1, -0.05) is 30.4 Å². The van der Waals surface area contributed by atoms with Gasteiger partial charge in [0.2, 0.25) is 0 Å². The van der Waals surface area contributed by atoms with Crippen LogP contribution in [0.1, 0.15) is 24.2 Å². The summed E-state index contributed by atoms with van der Waals surface area (Å²) in [6, 6.07) is 18.6. The van der Waals surface area contributed by atoms with Crippen molar-refractivity contribution in [3.63, 3.8) is 0 Å². The number of fused-ring (bicyclic) bond motifs is 4. The molecule has 2 aliphatic rings. The summed E-state index contributed by atoms with van der Waals surface area (Å²) in [5, 5.41) is 26.7. The highest BCUT2D eigenvalue weighted by Gasteiger charge is 2.21.